The molecule has 3 nitrogen and oxygen atoms in total. The van der Waals surface area contributed by atoms with Crippen LogP contribution in [-0.2, 0) is 4.79 Å². The number of aliphatic hydroxyl groups excluding tert-OH is 1. The Bertz CT molecular complexity index is 401. The fourth-order valence-corrected chi connectivity index (χ4v) is 2.03. The third-order valence-electron chi connectivity index (χ3n) is 2.75. The first kappa shape index (κ1) is 10.2. The van der Waals surface area contributed by atoms with Gasteiger partial charge in [-0.3, -0.25) is 4.79 Å². The summed E-state index contributed by atoms with van der Waals surface area (Å²) in [5.74, 6) is 0.00875. The molecule has 80 valence electrons. The van der Waals surface area contributed by atoms with Crippen LogP contribution in [0.3, 0.4) is 0 Å². The van der Waals surface area contributed by atoms with E-state index in [1.165, 1.54) is 5.56 Å². The number of aryl methyl sites for hydroxylation is 2. The average Bonchev–Trinajstić information content (AvgIpc) is 2.45. The number of anilines is 1. The summed E-state index contributed by atoms with van der Waals surface area (Å²) in [6.45, 7) is 4.43. The molecule has 0 aliphatic carbocycles. The van der Waals surface area contributed by atoms with Gasteiger partial charge in [0.25, 0.3) is 0 Å². The van der Waals surface area contributed by atoms with E-state index < -0.39 is 6.10 Å². The Morgan fingerprint density at radius 1 is 1.40 bits per heavy atom. The number of benzene rings is 1. The van der Waals surface area contributed by atoms with Gasteiger partial charge < -0.3 is 10.0 Å². The number of carbonyl (C=O) groups excluding carboxylic acids is 1. The first-order chi connectivity index (χ1) is 7.08. The molecule has 3 heteroatoms. The fraction of sp³-hybridized carbons (Fsp3) is 0.417. The second-order valence-electron chi connectivity index (χ2n) is 4.15. The van der Waals surface area contributed by atoms with Crippen molar-refractivity contribution in [2.45, 2.75) is 26.4 Å². The second kappa shape index (κ2) is 3.66. The van der Waals surface area contributed by atoms with Gasteiger partial charge in [-0.15, -0.1) is 0 Å². The number of aliphatic hydroxyl groups is 1. The van der Waals surface area contributed by atoms with E-state index in [4.69, 9.17) is 0 Å². The fourth-order valence-electron chi connectivity index (χ4n) is 2.03. The van der Waals surface area contributed by atoms with Crippen molar-refractivity contribution in [1.82, 2.24) is 0 Å². The maximum Gasteiger partial charge on any atom is 0.229 e. The van der Waals surface area contributed by atoms with E-state index in [0.717, 1.165) is 11.3 Å². The molecule has 1 unspecified atom stereocenters. The Morgan fingerprint density at radius 2 is 2.13 bits per heavy atom. The number of hydrogen-bond acceptors (Lipinski definition) is 2. The molecular formula is C12H15NO2. The zero-order chi connectivity index (χ0) is 11.0. The van der Waals surface area contributed by atoms with Crippen LogP contribution in [0.4, 0.5) is 5.69 Å². The van der Waals surface area contributed by atoms with E-state index in [2.05, 4.69) is 0 Å². The Morgan fingerprint density at radius 3 is 2.67 bits per heavy atom. The van der Waals surface area contributed by atoms with Crippen LogP contribution in [0.1, 0.15) is 17.5 Å². The standard InChI is InChI=1S/C12H15NO2/c1-8-3-4-11(9(2)5-8)13-7-10(14)6-12(13)15/h3-5,10,14H,6-7H2,1-2H3. The van der Waals surface area contributed by atoms with Crippen LogP contribution in [-0.4, -0.2) is 23.7 Å². The van der Waals surface area contributed by atoms with Crippen LogP contribution in [0.15, 0.2) is 18.2 Å². The molecule has 1 amide bonds. The Labute approximate surface area is 89.3 Å². The van der Waals surface area contributed by atoms with Crippen molar-refractivity contribution in [2.24, 2.45) is 0 Å². The molecular weight excluding hydrogens is 190 g/mol. The van der Waals surface area contributed by atoms with E-state index in [9.17, 15) is 9.90 Å². The predicted octanol–water partition coefficient (Wildman–Crippen LogP) is 1.40. The van der Waals surface area contributed by atoms with E-state index in [-0.39, 0.29) is 12.3 Å². The van der Waals surface area contributed by atoms with Crippen molar-refractivity contribution in [3.8, 4) is 0 Å². The first-order valence-electron chi connectivity index (χ1n) is 5.13. The van der Waals surface area contributed by atoms with Crippen molar-refractivity contribution >= 4 is 11.6 Å². The Hall–Kier alpha value is -1.35. The molecule has 0 aromatic heterocycles. The van der Waals surface area contributed by atoms with Gasteiger partial charge in [0, 0.05) is 5.69 Å². The molecule has 2 rings (SSSR count). The Kier molecular flexibility index (Phi) is 2.49. The van der Waals surface area contributed by atoms with E-state index in [0.29, 0.717) is 6.54 Å². The van der Waals surface area contributed by atoms with Crippen LogP contribution in [0.2, 0.25) is 0 Å². The van der Waals surface area contributed by atoms with Crippen LogP contribution in [0.5, 0.6) is 0 Å². The van der Waals surface area contributed by atoms with Gasteiger partial charge in [-0.1, -0.05) is 17.7 Å². The molecule has 1 N–H and O–H groups in total. The number of nitrogens with zero attached hydrogens (tertiary/aromatic N) is 1. The van der Waals surface area contributed by atoms with E-state index in [1.54, 1.807) is 4.90 Å². The van der Waals surface area contributed by atoms with Crippen LogP contribution in [0, 0.1) is 13.8 Å². The number of carbonyl (C=O) groups is 1. The minimum absolute atomic E-state index is 0.00875. The number of rotatable bonds is 1. The molecule has 0 bridgehead atoms. The molecule has 1 aliphatic rings. The number of amides is 1. The van der Waals surface area contributed by atoms with Gasteiger partial charge in [0.2, 0.25) is 5.91 Å². The second-order valence-corrected chi connectivity index (χ2v) is 4.15. The summed E-state index contributed by atoms with van der Waals surface area (Å²) in [7, 11) is 0. The molecule has 15 heavy (non-hydrogen) atoms. The van der Waals surface area contributed by atoms with Crippen molar-refractivity contribution in [2.75, 3.05) is 11.4 Å². The summed E-state index contributed by atoms with van der Waals surface area (Å²) >= 11 is 0. The normalized spacial score (nSPS) is 21.1. The van der Waals surface area contributed by atoms with Crippen LogP contribution in [0.25, 0.3) is 0 Å². The van der Waals surface area contributed by atoms with Crippen molar-refractivity contribution in [3.05, 3.63) is 29.3 Å². The van der Waals surface area contributed by atoms with E-state index in [1.807, 2.05) is 32.0 Å². The van der Waals surface area contributed by atoms with Gasteiger partial charge >= 0.3 is 0 Å². The predicted molar refractivity (Wildman–Crippen MR) is 58.9 cm³/mol. The summed E-state index contributed by atoms with van der Waals surface area (Å²) in [6.07, 6.45) is -0.272. The summed E-state index contributed by atoms with van der Waals surface area (Å²) < 4.78 is 0. The highest BCUT2D eigenvalue weighted by atomic mass is 16.3. The van der Waals surface area contributed by atoms with Gasteiger partial charge in [-0.25, -0.2) is 0 Å². The summed E-state index contributed by atoms with van der Waals surface area (Å²) in [4.78, 5) is 13.3. The molecule has 0 saturated carbocycles. The molecule has 1 fully saturated rings. The summed E-state index contributed by atoms with van der Waals surface area (Å²) in [5.41, 5.74) is 3.18. The third kappa shape index (κ3) is 1.88. The zero-order valence-corrected chi connectivity index (χ0v) is 9.03. The lowest BCUT2D eigenvalue weighted by Gasteiger charge is -2.18. The SMILES string of the molecule is Cc1ccc(N2CC(O)CC2=O)c(C)c1. The lowest BCUT2D eigenvalue weighted by atomic mass is 10.1. The highest BCUT2D eigenvalue weighted by molar-refractivity contribution is 5.96. The van der Waals surface area contributed by atoms with Crippen LogP contribution < -0.4 is 4.90 Å². The van der Waals surface area contributed by atoms with Gasteiger partial charge in [0.15, 0.2) is 0 Å². The Balaban J connectivity index is 2.34. The minimum Gasteiger partial charge on any atom is -0.391 e. The molecule has 1 atom stereocenters. The smallest absolute Gasteiger partial charge is 0.229 e. The topological polar surface area (TPSA) is 40.5 Å². The highest BCUT2D eigenvalue weighted by Gasteiger charge is 2.29. The maximum atomic E-state index is 11.6. The first-order valence-corrected chi connectivity index (χ1v) is 5.13. The van der Waals surface area contributed by atoms with Gasteiger partial charge in [-0.2, -0.15) is 0 Å². The van der Waals surface area contributed by atoms with Crippen LogP contribution >= 0.6 is 0 Å². The average molecular weight is 205 g/mol. The van der Waals surface area contributed by atoms with Crippen molar-refractivity contribution in [1.29, 1.82) is 0 Å². The van der Waals surface area contributed by atoms with Crippen molar-refractivity contribution < 1.29 is 9.90 Å². The monoisotopic (exact) mass is 205 g/mol. The summed E-state index contributed by atoms with van der Waals surface area (Å²) in [5, 5.41) is 9.41. The van der Waals surface area contributed by atoms with Gasteiger partial charge in [-0.05, 0) is 25.5 Å². The van der Waals surface area contributed by atoms with Crippen molar-refractivity contribution in [3.63, 3.8) is 0 Å². The lowest BCUT2D eigenvalue weighted by Crippen LogP contribution is -2.25. The molecule has 0 radical (unpaired) electrons. The minimum atomic E-state index is -0.516. The quantitative estimate of drug-likeness (QED) is 0.753. The molecule has 1 heterocycles. The molecule has 1 saturated heterocycles. The third-order valence-corrected chi connectivity index (χ3v) is 2.75. The number of β-amino-alcohol motifs (C(OH)–C–C–N with tert-alkyl or cyclic N) is 1. The summed E-state index contributed by atoms with van der Waals surface area (Å²) in [6, 6.07) is 5.98. The highest BCUT2D eigenvalue weighted by Crippen LogP contribution is 2.25. The van der Waals surface area contributed by atoms with Gasteiger partial charge in [0.1, 0.15) is 0 Å². The maximum absolute atomic E-state index is 11.6. The molecule has 1 aliphatic heterocycles. The van der Waals surface area contributed by atoms with E-state index >= 15 is 0 Å². The zero-order valence-electron chi connectivity index (χ0n) is 9.03. The van der Waals surface area contributed by atoms with Gasteiger partial charge in [0.05, 0.1) is 19.1 Å². The molecule has 0 spiro atoms. The lowest BCUT2D eigenvalue weighted by molar-refractivity contribution is -0.117. The largest absolute Gasteiger partial charge is 0.391 e. The molecule has 1 aromatic rings. The molecule has 1 aromatic carbocycles. The number of hydrogen-bond donors (Lipinski definition) is 1.